The largest absolute Gasteiger partial charge is 0.399 e. The Hall–Kier alpha value is -3.30. The molecule has 0 bridgehead atoms. The third-order valence-corrected chi connectivity index (χ3v) is 6.46. The van der Waals surface area contributed by atoms with E-state index in [2.05, 4.69) is 20.0 Å². The fraction of sp³-hybridized carbons (Fsp3) is 0.320. The lowest BCUT2D eigenvalue weighted by Crippen LogP contribution is -2.42. The number of rotatable bonds is 5. The molecule has 1 saturated heterocycles. The fourth-order valence-electron chi connectivity index (χ4n) is 4.68. The standard InChI is InChI=1S/C25H23F3N4O2/c1-33-31-24(17-3-4-20(26)21(27)10-17)22-5-2-16(12-29-22)14-32-8-6-25(7-9-32)19-13-30-23(28)11-18(19)15-34-25/h2-5,10-13H,6-9,14-15H2,1H3/b31-24+. The van der Waals surface area contributed by atoms with E-state index in [4.69, 9.17) is 9.57 Å². The number of halogens is 3. The zero-order chi connectivity index (χ0) is 23.7. The molecular formula is C25H23F3N4O2. The normalized spacial score (nSPS) is 17.7. The summed E-state index contributed by atoms with van der Waals surface area (Å²) in [6, 6.07) is 8.74. The van der Waals surface area contributed by atoms with Crippen molar-refractivity contribution in [2.24, 2.45) is 5.16 Å². The minimum Gasteiger partial charge on any atom is -0.399 e. The van der Waals surface area contributed by atoms with Crippen molar-refractivity contribution in [1.82, 2.24) is 14.9 Å². The van der Waals surface area contributed by atoms with Gasteiger partial charge in [0.15, 0.2) is 11.6 Å². The quantitative estimate of drug-likeness (QED) is 0.317. The summed E-state index contributed by atoms with van der Waals surface area (Å²) < 4.78 is 46.6. The molecular weight excluding hydrogens is 445 g/mol. The summed E-state index contributed by atoms with van der Waals surface area (Å²) in [5.41, 5.74) is 3.69. The SMILES string of the molecule is CO/N=C(\c1ccc(F)c(F)c1)c1ccc(CN2CCC3(CC2)OCc2cc(F)ncc23)cn1. The Kier molecular flexibility index (Phi) is 6.05. The molecule has 0 N–H and O–H groups in total. The molecule has 2 aliphatic rings. The van der Waals surface area contributed by atoms with Gasteiger partial charge in [0.2, 0.25) is 5.95 Å². The Bertz CT molecular complexity index is 1230. The molecule has 9 heteroatoms. The monoisotopic (exact) mass is 468 g/mol. The van der Waals surface area contributed by atoms with Gasteiger partial charge in [-0.05, 0) is 54.3 Å². The first-order valence-electron chi connectivity index (χ1n) is 11.0. The van der Waals surface area contributed by atoms with Crippen molar-refractivity contribution in [3.8, 4) is 0 Å². The number of pyridine rings is 2. The number of hydrogen-bond acceptors (Lipinski definition) is 6. The number of piperidine rings is 1. The van der Waals surface area contributed by atoms with E-state index in [1.54, 1.807) is 18.5 Å². The van der Waals surface area contributed by atoms with E-state index in [-0.39, 0.29) is 5.60 Å². The molecule has 176 valence electrons. The van der Waals surface area contributed by atoms with Crippen LogP contribution in [0.25, 0.3) is 0 Å². The highest BCUT2D eigenvalue weighted by Crippen LogP contribution is 2.44. The van der Waals surface area contributed by atoms with Gasteiger partial charge in [-0.2, -0.15) is 4.39 Å². The number of hydrogen-bond donors (Lipinski definition) is 0. The molecule has 5 rings (SSSR count). The van der Waals surface area contributed by atoms with Crippen LogP contribution >= 0.6 is 0 Å². The van der Waals surface area contributed by atoms with Crippen LogP contribution in [0.15, 0.2) is 53.9 Å². The third-order valence-electron chi connectivity index (χ3n) is 6.46. The van der Waals surface area contributed by atoms with E-state index in [1.807, 2.05) is 6.07 Å². The second-order valence-electron chi connectivity index (χ2n) is 8.53. The highest BCUT2D eigenvalue weighted by molar-refractivity contribution is 6.11. The van der Waals surface area contributed by atoms with Gasteiger partial charge in [0.25, 0.3) is 0 Å². The van der Waals surface area contributed by atoms with Crippen LogP contribution in [0, 0.1) is 17.6 Å². The Morgan fingerprint density at radius 3 is 2.59 bits per heavy atom. The molecule has 3 aromatic rings. The molecule has 4 heterocycles. The number of oxime groups is 1. The number of benzene rings is 1. The summed E-state index contributed by atoms with van der Waals surface area (Å²) >= 11 is 0. The molecule has 2 aromatic heterocycles. The number of fused-ring (bicyclic) bond motifs is 2. The maximum Gasteiger partial charge on any atom is 0.213 e. The molecule has 1 spiro atoms. The molecule has 0 amide bonds. The highest BCUT2D eigenvalue weighted by atomic mass is 19.2. The Morgan fingerprint density at radius 1 is 1.06 bits per heavy atom. The zero-order valence-electron chi connectivity index (χ0n) is 18.6. The molecule has 6 nitrogen and oxygen atoms in total. The minimum absolute atomic E-state index is 0.315. The first-order valence-corrected chi connectivity index (χ1v) is 11.0. The second-order valence-corrected chi connectivity index (χ2v) is 8.53. The predicted molar refractivity (Wildman–Crippen MR) is 118 cm³/mol. The Labute approximate surface area is 195 Å². The average molecular weight is 468 g/mol. The van der Waals surface area contributed by atoms with Gasteiger partial charge in [0.1, 0.15) is 12.8 Å². The lowest BCUT2D eigenvalue weighted by Gasteiger charge is -2.39. The number of ether oxygens (including phenoxy) is 1. The molecule has 2 aliphatic heterocycles. The van der Waals surface area contributed by atoms with E-state index in [9.17, 15) is 13.2 Å². The molecule has 1 fully saturated rings. The molecule has 0 saturated carbocycles. The average Bonchev–Trinajstić information content (AvgIpc) is 3.18. The van der Waals surface area contributed by atoms with Crippen LogP contribution in [-0.4, -0.2) is 40.8 Å². The van der Waals surface area contributed by atoms with Crippen molar-refractivity contribution in [2.75, 3.05) is 20.2 Å². The van der Waals surface area contributed by atoms with Crippen LogP contribution in [-0.2, 0) is 28.3 Å². The summed E-state index contributed by atoms with van der Waals surface area (Å²) in [6.07, 6.45) is 4.97. The van der Waals surface area contributed by atoms with E-state index in [0.29, 0.717) is 30.1 Å². The van der Waals surface area contributed by atoms with Crippen LogP contribution in [0.4, 0.5) is 13.2 Å². The molecule has 0 unspecified atom stereocenters. The van der Waals surface area contributed by atoms with Crippen molar-refractivity contribution >= 4 is 5.71 Å². The Morgan fingerprint density at radius 2 is 1.88 bits per heavy atom. The lowest BCUT2D eigenvalue weighted by molar-refractivity contribution is -0.0800. The lowest BCUT2D eigenvalue weighted by atomic mass is 9.84. The summed E-state index contributed by atoms with van der Waals surface area (Å²) in [7, 11) is 1.39. The molecule has 1 aromatic carbocycles. The number of nitrogens with zero attached hydrogens (tertiary/aromatic N) is 4. The van der Waals surface area contributed by atoms with Crippen molar-refractivity contribution in [2.45, 2.75) is 31.6 Å². The van der Waals surface area contributed by atoms with Crippen LogP contribution < -0.4 is 0 Å². The third kappa shape index (κ3) is 4.28. The van der Waals surface area contributed by atoms with Gasteiger partial charge in [-0.3, -0.25) is 9.88 Å². The van der Waals surface area contributed by atoms with Gasteiger partial charge in [-0.1, -0.05) is 11.2 Å². The van der Waals surface area contributed by atoms with Crippen molar-refractivity contribution in [1.29, 1.82) is 0 Å². The van der Waals surface area contributed by atoms with Crippen LogP contribution in [0.1, 0.15) is 40.8 Å². The van der Waals surface area contributed by atoms with E-state index in [0.717, 1.165) is 54.8 Å². The Balaban J connectivity index is 1.26. The first-order chi connectivity index (χ1) is 16.5. The molecule has 0 aliphatic carbocycles. The van der Waals surface area contributed by atoms with Crippen LogP contribution in [0.2, 0.25) is 0 Å². The van der Waals surface area contributed by atoms with Gasteiger partial charge in [0.05, 0.1) is 17.9 Å². The van der Waals surface area contributed by atoms with E-state index < -0.39 is 17.6 Å². The minimum atomic E-state index is -0.962. The van der Waals surface area contributed by atoms with E-state index >= 15 is 0 Å². The van der Waals surface area contributed by atoms with Crippen LogP contribution in [0.5, 0.6) is 0 Å². The second kappa shape index (κ2) is 9.15. The van der Waals surface area contributed by atoms with Gasteiger partial charge in [-0.25, -0.2) is 13.8 Å². The van der Waals surface area contributed by atoms with Gasteiger partial charge in [0, 0.05) is 43.2 Å². The molecule has 34 heavy (non-hydrogen) atoms. The van der Waals surface area contributed by atoms with E-state index in [1.165, 1.54) is 19.2 Å². The number of likely N-dealkylation sites (tertiary alicyclic amines) is 1. The first kappa shape index (κ1) is 22.5. The summed E-state index contributed by atoms with van der Waals surface area (Å²) in [6.45, 7) is 2.77. The maximum atomic E-state index is 13.7. The van der Waals surface area contributed by atoms with Gasteiger partial charge in [-0.15, -0.1) is 0 Å². The van der Waals surface area contributed by atoms with Crippen molar-refractivity contribution in [3.05, 3.63) is 94.3 Å². The predicted octanol–water partition coefficient (Wildman–Crippen LogP) is 4.31. The summed E-state index contributed by atoms with van der Waals surface area (Å²) in [5.74, 6) is -2.37. The zero-order valence-corrected chi connectivity index (χ0v) is 18.6. The van der Waals surface area contributed by atoms with Gasteiger partial charge >= 0.3 is 0 Å². The van der Waals surface area contributed by atoms with Crippen molar-refractivity contribution in [3.63, 3.8) is 0 Å². The fourth-order valence-corrected chi connectivity index (χ4v) is 4.68. The maximum absolute atomic E-state index is 13.7. The highest BCUT2D eigenvalue weighted by Gasteiger charge is 2.43. The summed E-state index contributed by atoms with van der Waals surface area (Å²) in [5, 5.41) is 3.96. The molecule has 0 atom stereocenters. The topological polar surface area (TPSA) is 59.8 Å². The van der Waals surface area contributed by atoms with Gasteiger partial charge < -0.3 is 9.57 Å². The van der Waals surface area contributed by atoms with Crippen molar-refractivity contribution < 1.29 is 22.7 Å². The van der Waals surface area contributed by atoms with Crippen LogP contribution in [0.3, 0.4) is 0 Å². The smallest absolute Gasteiger partial charge is 0.213 e. The molecule has 0 radical (unpaired) electrons. The number of aromatic nitrogens is 2. The summed E-state index contributed by atoms with van der Waals surface area (Å²) in [4.78, 5) is 15.5.